The van der Waals surface area contributed by atoms with Crippen LogP contribution in [0.4, 0.5) is 5.69 Å². The normalized spacial score (nSPS) is 9.95. The Balaban J connectivity index is 1.89. The van der Waals surface area contributed by atoms with Gasteiger partial charge in [0.15, 0.2) is 0 Å². The molecule has 3 aromatic rings. The molecule has 2 heterocycles. The third-order valence-electron chi connectivity index (χ3n) is 2.91. The first-order valence-electron chi connectivity index (χ1n) is 6.09. The van der Waals surface area contributed by atoms with E-state index in [2.05, 4.69) is 27.1 Å². The molecule has 0 aliphatic heterocycles. The van der Waals surface area contributed by atoms with E-state index in [4.69, 9.17) is 0 Å². The molecule has 0 bridgehead atoms. The summed E-state index contributed by atoms with van der Waals surface area (Å²) in [6, 6.07) is 14.0. The maximum Gasteiger partial charge on any atom is 0.138 e. The molecule has 0 saturated carbocycles. The lowest BCUT2D eigenvalue weighted by atomic mass is 10.2. The van der Waals surface area contributed by atoms with E-state index in [-0.39, 0.29) is 0 Å². The minimum absolute atomic E-state index is 0.873. The molecule has 0 spiro atoms. The SMILES string of the molecule is CNc1ccc(C#Cc2cc3cccnc3[nH]2)cc1. The summed E-state index contributed by atoms with van der Waals surface area (Å²) in [7, 11) is 1.90. The average molecular weight is 247 g/mol. The highest BCUT2D eigenvalue weighted by molar-refractivity contribution is 5.77. The van der Waals surface area contributed by atoms with Crippen LogP contribution in [0.15, 0.2) is 48.7 Å². The van der Waals surface area contributed by atoms with Gasteiger partial charge in [0.05, 0.1) is 5.69 Å². The number of pyridine rings is 1. The zero-order valence-corrected chi connectivity index (χ0v) is 10.6. The van der Waals surface area contributed by atoms with Crippen LogP contribution in [0, 0.1) is 11.8 Å². The number of anilines is 1. The number of aromatic amines is 1. The van der Waals surface area contributed by atoms with Crippen LogP contribution < -0.4 is 5.32 Å². The molecule has 0 aliphatic carbocycles. The second kappa shape index (κ2) is 4.87. The van der Waals surface area contributed by atoms with Crippen molar-refractivity contribution in [2.45, 2.75) is 0 Å². The van der Waals surface area contributed by atoms with Crippen LogP contribution in [0.1, 0.15) is 11.3 Å². The van der Waals surface area contributed by atoms with Gasteiger partial charge in [0, 0.05) is 29.9 Å². The van der Waals surface area contributed by atoms with Gasteiger partial charge in [-0.1, -0.05) is 5.92 Å². The summed E-state index contributed by atoms with van der Waals surface area (Å²) in [4.78, 5) is 7.44. The van der Waals surface area contributed by atoms with Gasteiger partial charge in [-0.15, -0.1) is 0 Å². The second-order valence-electron chi connectivity index (χ2n) is 4.20. The minimum Gasteiger partial charge on any atom is -0.388 e. The summed E-state index contributed by atoms with van der Waals surface area (Å²) in [5.41, 5.74) is 3.83. The van der Waals surface area contributed by atoms with Crippen LogP contribution in [-0.4, -0.2) is 17.0 Å². The first-order valence-corrected chi connectivity index (χ1v) is 6.09. The van der Waals surface area contributed by atoms with Gasteiger partial charge in [0.25, 0.3) is 0 Å². The molecule has 0 atom stereocenters. The van der Waals surface area contributed by atoms with E-state index >= 15 is 0 Å². The van der Waals surface area contributed by atoms with E-state index in [0.717, 1.165) is 28.0 Å². The molecular formula is C16H13N3. The van der Waals surface area contributed by atoms with Crippen LogP contribution in [0.5, 0.6) is 0 Å². The highest BCUT2D eigenvalue weighted by Gasteiger charge is 1.97. The fourth-order valence-corrected chi connectivity index (χ4v) is 1.88. The third kappa shape index (κ3) is 2.43. The van der Waals surface area contributed by atoms with Crippen molar-refractivity contribution in [1.82, 2.24) is 9.97 Å². The number of hydrogen-bond donors (Lipinski definition) is 2. The number of aromatic nitrogens is 2. The van der Waals surface area contributed by atoms with Crippen molar-refractivity contribution in [3.05, 3.63) is 59.9 Å². The second-order valence-corrected chi connectivity index (χ2v) is 4.20. The minimum atomic E-state index is 0.873. The smallest absolute Gasteiger partial charge is 0.138 e. The Morgan fingerprint density at radius 1 is 1.11 bits per heavy atom. The number of hydrogen-bond acceptors (Lipinski definition) is 2. The van der Waals surface area contributed by atoms with Gasteiger partial charge in [-0.3, -0.25) is 0 Å². The van der Waals surface area contributed by atoms with Gasteiger partial charge >= 0.3 is 0 Å². The Morgan fingerprint density at radius 3 is 2.68 bits per heavy atom. The molecule has 0 unspecified atom stereocenters. The zero-order valence-electron chi connectivity index (χ0n) is 10.6. The van der Waals surface area contributed by atoms with E-state index in [1.165, 1.54) is 0 Å². The standard InChI is InChI=1S/C16H13N3/c1-17-14-7-4-12(5-8-14)6-9-15-11-13-3-2-10-18-16(13)19-15/h2-5,7-8,10-11,17H,1H3,(H,18,19). The van der Waals surface area contributed by atoms with Crippen molar-refractivity contribution in [2.24, 2.45) is 0 Å². The Kier molecular flexibility index (Phi) is 2.91. The molecule has 0 fully saturated rings. The highest BCUT2D eigenvalue weighted by atomic mass is 14.8. The predicted molar refractivity (Wildman–Crippen MR) is 78.1 cm³/mol. The van der Waals surface area contributed by atoms with Crippen molar-refractivity contribution in [3.8, 4) is 11.8 Å². The molecular weight excluding hydrogens is 234 g/mol. The van der Waals surface area contributed by atoms with Gasteiger partial charge in [-0.05, 0) is 48.4 Å². The largest absolute Gasteiger partial charge is 0.388 e. The molecule has 0 saturated heterocycles. The summed E-state index contributed by atoms with van der Waals surface area (Å²) in [6.45, 7) is 0. The van der Waals surface area contributed by atoms with Gasteiger partial charge in [0.1, 0.15) is 5.65 Å². The molecule has 3 nitrogen and oxygen atoms in total. The van der Waals surface area contributed by atoms with E-state index in [9.17, 15) is 0 Å². The summed E-state index contributed by atoms with van der Waals surface area (Å²) >= 11 is 0. The summed E-state index contributed by atoms with van der Waals surface area (Å²) < 4.78 is 0. The maximum atomic E-state index is 4.25. The number of nitrogens with zero attached hydrogens (tertiary/aromatic N) is 1. The number of H-pyrrole nitrogens is 1. The lowest BCUT2D eigenvalue weighted by Crippen LogP contribution is -1.86. The molecule has 2 aromatic heterocycles. The lowest BCUT2D eigenvalue weighted by Gasteiger charge is -1.97. The van der Waals surface area contributed by atoms with E-state index in [1.807, 2.05) is 49.5 Å². The summed E-state index contributed by atoms with van der Waals surface area (Å²) in [6.07, 6.45) is 1.77. The molecule has 0 radical (unpaired) electrons. The number of rotatable bonds is 1. The molecule has 3 rings (SSSR count). The van der Waals surface area contributed by atoms with Crippen LogP contribution in [0.25, 0.3) is 11.0 Å². The predicted octanol–water partition coefficient (Wildman–Crippen LogP) is 3.00. The van der Waals surface area contributed by atoms with Crippen molar-refractivity contribution >= 4 is 16.7 Å². The third-order valence-corrected chi connectivity index (χ3v) is 2.91. The quantitative estimate of drug-likeness (QED) is 0.649. The molecule has 3 heteroatoms. The first kappa shape index (κ1) is 11.4. The van der Waals surface area contributed by atoms with Gasteiger partial charge in [-0.2, -0.15) is 0 Å². The lowest BCUT2D eigenvalue weighted by molar-refractivity contribution is 1.31. The molecule has 0 aliphatic rings. The fourth-order valence-electron chi connectivity index (χ4n) is 1.88. The Hall–Kier alpha value is -2.73. The number of nitrogens with one attached hydrogen (secondary N) is 2. The van der Waals surface area contributed by atoms with Crippen molar-refractivity contribution in [1.29, 1.82) is 0 Å². The van der Waals surface area contributed by atoms with Gasteiger partial charge in [0.2, 0.25) is 0 Å². The first-order chi connectivity index (χ1) is 9.35. The summed E-state index contributed by atoms with van der Waals surface area (Å²) in [5.74, 6) is 6.26. The Morgan fingerprint density at radius 2 is 1.95 bits per heavy atom. The molecule has 0 amide bonds. The monoisotopic (exact) mass is 247 g/mol. The van der Waals surface area contributed by atoms with Crippen LogP contribution in [0.3, 0.4) is 0 Å². The van der Waals surface area contributed by atoms with E-state index in [1.54, 1.807) is 6.20 Å². The number of benzene rings is 1. The Bertz CT molecular complexity index is 725. The van der Waals surface area contributed by atoms with Crippen molar-refractivity contribution in [3.63, 3.8) is 0 Å². The van der Waals surface area contributed by atoms with Gasteiger partial charge < -0.3 is 10.3 Å². The van der Waals surface area contributed by atoms with Crippen LogP contribution >= 0.6 is 0 Å². The van der Waals surface area contributed by atoms with Gasteiger partial charge in [-0.25, -0.2) is 4.98 Å². The van der Waals surface area contributed by atoms with E-state index in [0.29, 0.717) is 0 Å². The van der Waals surface area contributed by atoms with Crippen molar-refractivity contribution < 1.29 is 0 Å². The van der Waals surface area contributed by atoms with Crippen molar-refractivity contribution in [2.75, 3.05) is 12.4 Å². The summed E-state index contributed by atoms with van der Waals surface area (Å²) in [5, 5.41) is 4.16. The average Bonchev–Trinajstić information content (AvgIpc) is 2.88. The van der Waals surface area contributed by atoms with Crippen LogP contribution in [-0.2, 0) is 0 Å². The van der Waals surface area contributed by atoms with E-state index < -0.39 is 0 Å². The molecule has 19 heavy (non-hydrogen) atoms. The molecule has 2 N–H and O–H groups in total. The highest BCUT2D eigenvalue weighted by Crippen LogP contribution is 2.12. The molecule has 92 valence electrons. The topological polar surface area (TPSA) is 40.7 Å². The molecule has 1 aromatic carbocycles. The Labute approximate surface area is 111 Å². The zero-order chi connectivity index (χ0) is 13.1. The number of fused-ring (bicyclic) bond motifs is 1. The van der Waals surface area contributed by atoms with Crippen LogP contribution in [0.2, 0.25) is 0 Å². The fraction of sp³-hybridized carbons (Fsp3) is 0.0625. The maximum absolute atomic E-state index is 4.25.